The van der Waals surface area contributed by atoms with E-state index in [-0.39, 0.29) is 5.91 Å². The molecule has 1 amide bonds. The lowest BCUT2D eigenvalue weighted by atomic mass is 9.98. The van der Waals surface area contributed by atoms with E-state index in [4.69, 9.17) is 5.26 Å². The van der Waals surface area contributed by atoms with Gasteiger partial charge in [-0.15, -0.1) is 0 Å². The molecule has 7 nitrogen and oxygen atoms in total. The number of aryl methyl sites for hydroxylation is 2. The fraction of sp³-hybridized carbons (Fsp3) is 0.474. The van der Waals surface area contributed by atoms with Crippen molar-refractivity contribution in [1.29, 1.82) is 5.26 Å². The van der Waals surface area contributed by atoms with Crippen LogP contribution in [0.3, 0.4) is 0 Å². The van der Waals surface area contributed by atoms with Gasteiger partial charge in [-0.25, -0.2) is 5.01 Å². The largest absolute Gasteiger partial charge is 0.356 e. The first-order chi connectivity index (χ1) is 12.5. The average Bonchev–Trinajstić information content (AvgIpc) is 2.62. The minimum Gasteiger partial charge on any atom is -0.356 e. The Balaban J connectivity index is 1.90. The van der Waals surface area contributed by atoms with Crippen LogP contribution in [0.25, 0.3) is 0 Å². The number of nitriles is 1. The fourth-order valence-electron chi connectivity index (χ4n) is 2.93. The maximum atomic E-state index is 12.2. The summed E-state index contributed by atoms with van der Waals surface area (Å²) in [7, 11) is 1.61. The van der Waals surface area contributed by atoms with Gasteiger partial charge in [-0.1, -0.05) is 23.8 Å². The summed E-state index contributed by atoms with van der Waals surface area (Å²) in [5.74, 6) is 0.533. The van der Waals surface area contributed by atoms with Crippen LogP contribution in [-0.2, 0) is 4.79 Å². The number of benzene rings is 1. The van der Waals surface area contributed by atoms with E-state index in [2.05, 4.69) is 52.8 Å². The fourth-order valence-corrected chi connectivity index (χ4v) is 2.93. The number of carbonyl (C=O) groups excluding carboxylic acids is 1. The smallest absolute Gasteiger partial charge is 0.243 e. The van der Waals surface area contributed by atoms with Crippen LogP contribution >= 0.6 is 0 Å². The van der Waals surface area contributed by atoms with Crippen LogP contribution < -0.4 is 10.6 Å². The molecule has 0 aromatic heterocycles. The van der Waals surface area contributed by atoms with Crippen molar-refractivity contribution < 1.29 is 4.79 Å². The normalized spacial score (nSPS) is 14.7. The first-order valence-corrected chi connectivity index (χ1v) is 8.86. The zero-order chi connectivity index (χ0) is 18.9. The van der Waals surface area contributed by atoms with E-state index in [9.17, 15) is 4.79 Å². The molecule has 1 aromatic carbocycles. The van der Waals surface area contributed by atoms with E-state index in [1.165, 1.54) is 11.1 Å². The Labute approximate surface area is 154 Å². The first-order valence-electron chi connectivity index (χ1n) is 8.86. The standard InChI is InChI=1S/C19H26N6O/c1-14-6-7-16(15(2)12-14)17-8-9-18(26)25(24-17)11-5-4-10-22-19(21-3)23-13-20/h6-7,12H,4-5,8-11H2,1-3H3,(H2,21,22,23). The van der Waals surface area contributed by atoms with Crippen molar-refractivity contribution in [2.45, 2.75) is 39.5 Å². The van der Waals surface area contributed by atoms with Gasteiger partial charge in [0.25, 0.3) is 0 Å². The van der Waals surface area contributed by atoms with Crippen LogP contribution in [0.15, 0.2) is 28.3 Å². The maximum absolute atomic E-state index is 12.2. The summed E-state index contributed by atoms with van der Waals surface area (Å²) in [5.41, 5.74) is 4.53. The van der Waals surface area contributed by atoms with Crippen molar-refractivity contribution in [2.24, 2.45) is 10.1 Å². The van der Waals surface area contributed by atoms with Gasteiger partial charge >= 0.3 is 0 Å². The highest BCUT2D eigenvalue weighted by molar-refractivity contribution is 6.05. The number of unbranched alkanes of at least 4 members (excludes halogenated alkanes) is 1. The van der Waals surface area contributed by atoms with Gasteiger partial charge in [-0.05, 0) is 32.3 Å². The van der Waals surface area contributed by atoms with Crippen molar-refractivity contribution >= 4 is 17.6 Å². The van der Waals surface area contributed by atoms with Crippen LogP contribution in [0.4, 0.5) is 0 Å². The van der Waals surface area contributed by atoms with Crippen LogP contribution in [0.2, 0.25) is 0 Å². The van der Waals surface area contributed by atoms with Crippen molar-refractivity contribution in [1.82, 2.24) is 15.6 Å². The molecule has 1 heterocycles. The Morgan fingerprint density at radius 3 is 2.85 bits per heavy atom. The molecule has 0 fully saturated rings. The lowest BCUT2D eigenvalue weighted by Crippen LogP contribution is -2.36. The molecule has 0 spiro atoms. The van der Waals surface area contributed by atoms with E-state index in [0.29, 0.717) is 31.9 Å². The van der Waals surface area contributed by atoms with E-state index >= 15 is 0 Å². The Morgan fingerprint density at radius 2 is 2.15 bits per heavy atom. The number of nitrogens with zero attached hydrogens (tertiary/aromatic N) is 4. The van der Waals surface area contributed by atoms with Gasteiger partial charge in [0, 0.05) is 38.5 Å². The van der Waals surface area contributed by atoms with Crippen molar-refractivity contribution in [3.8, 4) is 6.19 Å². The molecule has 2 rings (SSSR count). The molecule has 138 valence electrons. The molecule has 2 N–H and O–H groups in total. The molecule has 1 aliphatic rings. The molecule has 1 aromatic rings. The predicted octanol–water partition coefficient (Wildman–Crippen LogP) is 2.06. The average molecular weight is 354 g/mol. The second-order valence-corrected chi connectivity index (χ2v) is 6.32. The number of nitrogens with one attached hydrogen (secondary N) is 2. The first kappa shape index (κ1) is 19.4. The quantitative estimate of drug-likeness (QED) is 0.269. The lowest BCUT2D eigenvalue weighted by molar-refractivity contribution is -0.131. The third-order valence-electron chi connectivity index (χ3n) is 4.28. The predicted molar refractivity (Wildman–Crippen MR) is 103 cm³/mol. The Morgan fingerprint density at radius 1 is 1.35 bits per heavy atom. The molecular formula is C19H26N6O. The summed E-state index contributed by atoms with van der Waals surface area (Å²) in [4.78, 5) is 16.1. The molecule has 0 aliphatic carbocycles. The zero-order valence-corrected chi connectivity index (χ0v) is 15.7. The van der Waals surface area contributed by atoms with E-state index < -0.39 is 0 Å². The highest BCUT2D eigenvalue weighted by Crippen LogP contribution is 2.19. The molecule has 0 saturated heterocycles. The summed E-state index contributed by atoms with van der Waals surface area (Å²) in [6.07, 6.45) is 4.70. The Kier molecular flexibility index (Phi) is 7.15. The number of guanidine groups is 1. The highest BCUT2D eigenvalue weighted by atomic mass is 16.2. The van der Waals surface area contributed by atoms with E-state index in [1.807, 2.05) is 6.19 Å². The SMILES string of the molecule is CN=C(NC#N)NCCCCN1N=C(c2ccc(C)cc2C)CCC1=O. The molecule has 7 heteroatoms. The number of amides is 1. The van der Waals surface area contributed by atoms with E-state index in [1.54, 1.807) is 12.1 Å². The molecular weight excluding hydrogens is 328 g/mol. The molecule has 0 bridgehead atoms. The second kappa shape index (κ2) is 9.56. The highest BCUT2D eigenvalue weighted by Gasteiger charge is 2.21. The Hall–Kier alpha value is -2.88. The maximum Gasteiger partial charge on any atom is 0.243 e. The summed E-state index contributed by atoms with van der Waals surface area (Å²) in [6, 6.07) is 6.32. The van der Waals surface area contributed by atoms with Crippen LogP contribution in [-0.4, -0.2) is 42.7 Å². The minimum absolute atomic E-state index is 0.0773. The van der Waals surface area contributed by atoms with Gasteiger partial charge in [0.1, 0.15) is 0 Å². The van der Waals surface area contributed by atoms with E-state index in [0.717, 1.165) is 24.1 Å². The van der Waals surface area contributed by atoms with Gasteiger partial charge < -0.3 is 5.32 Å². The molecule has 0 unspecified atom stereocenters. The molecule has 0 saturated carbocycles. The lowest BCUT2D eigenvalue weighted by Gasteiger charge is -2.24. The molecule has 0 atom stereocenters. The number of hydrazone groups is 1. The van der Waals surface area contributed by atoms with Gasteiger partial charge in [-0.2, -0.15) is 10.4 Å². The summed E-state index contributed by atoms with van der Waals surface area (Å²) < 4.78 is 0. The number of hydrogen-bond donors (Lipinski definition) is 2. The molecule has 1 aliphatic heterocycles. The second-order valence-electron chi connectivity index (χ2n) is 6.32. The van der Waals surface area contributed by atoms with Gasteiger partial charge in [-0.3, -0.25) is 15.1 Å². The van der Waals surface area contributed by atoms with Crippen molar-refractivity contribution in [2.75, 3.05) is 20.1 Å². The number of hydrogen-bond acceptors (Lipinski definition) is 4. The minimum atomic E-state index is 0.0773. The number of aliphatic imine (C=N–C) groups is 1. The van der Waals surface area contributed by atoms with Crippen LogP contribution in [0.5, 0.6) is 0 Å². The topological polar surface area (TPSA) is 92.9 Å². The Bertz CT molecular complexity index is 747. The summed E-state index contributed by atoms with van der Waals surface area (Å²) >= 11 is 0. The zero-order valence-electron chi connectivity index (χ0n) is 15.7. The van der Waals surface area contributed by atoms with Crippen LogP contribution in [0, 0.1) is 25.3 Å². The van der Waals surface area contributed by atoms with Crippen LogP contribution in [0.1, 0.15) is 42.4 Å². The monoisotopic (exact) mass is 354 g/mol. The van der Waals surface area contributed by atoms with Gasteiger partial charge in [0.15, 0.2) is 6.19 Å². The van der Waals surface area contributed by atoms with Gasteiger partial charge in [0.2, 0.25) is 11.9 Å². The summed E-state index contributed by atoms with van der Waals surface area (Å²) in [5, 5.41) is 20.3. The number of rotatable bonds is 6. The molecule has 0 radical (unpaired) electrons. The third kappa shape index (κ3) is 5.31. The van der Waals surface area contributed by atoms with Crippen molar-refractivity contribution in [3.05, 3.63) is 34.9 Å². The van der Waals surface area contributed by atoms with Crippen molar-refractivity contribution in [3.63, 3.8) is 0 Å². The summed E-state index contributed by atoms with van der Waals surface area (Å²) in [6.45, 7) is 5.43. The number of carbonyl (C=O) groups is 1. The van der Waals surface area contributed by atoms with Gasteiger partial charge in [0.05, 0.1) is 5.71 Å². The third-order valence-corrected chi connectivity index (χ3v) is 4.28. The molecule has 26 heavy (non-hydrogen) atoms.